The van der Waals surface area contributed by atoms with Crippen LogP contribution in [-0.2, 0) is 12.4 Å². The standard InChI is InChI=1S/C14H14ClFN4/c1-10(9-19-7-3-6-17-19)20-12-5-2-4-11(16)14(12)18-13(20)8-15/h2-7,10H,8-9H2,1H3. The van der Waals surface area contributed by atoms with Crippen molar-refractivity contribution in [3.05, 3.63) is 48.3 Å². The van der Waals surface area contributed by atoms with Gasteiger partial charge in [-0.3, -0.25) is 4.68 Å². The molecule has 1 atom stereocenters. The van der Waals surface area contributed by atoms with Crippen LogP contribution in [0.25, 0.3) is 11.0 Å². The third-order valence-electron chi connectivity index (χ3n) is 3.31. The van der Waals surface area contributed by atoms with Crippen molar-refractivity contribution in [1.29, 1.82) is 0 Å². The van der Waals surface area contributed by atoms with Crippen LogP contribution in [0.4, 0.5) is 4.39 Å². The molecular weight excluding hydrogens is 279 g/mol. The van der Waals surface area contributed by atoms with Gasteiger partial charge in [-0.25, -0.2) is 9.37 Å². The van der Waals surface area contributed by atoms with Crippen LogP contribution >= 0.6 is 11.6 Å². The summed E-state index contributed by atoms with van der Waals surface area (Å²) in [6, 6.07) is 6.92. The van der Waals surface area contributed by atoms with Crippen molar-refractivity contribution < 1.29 is 4.39 Å². The molecule has 0 aliphatic rings. The fraction of sp³-hybridized carbons (Fsp3) is 0.286. The zero-order valence-corrected chi connectivity index (χ0v) is 11.8. The maximum atomic E-state index is 13.8. The SMILES string of the molecule is CC(Cn1cccn1)n1c(CCl)nc2c(F)cccc21. The summed E-state index contributed by atoms with van der Waals surface area (Å²) in [5.41, 5.74) is 1.13. The van der Waals surface area contributed by atoms with E-state index < -0.39 is 0 Å². The van der Waals surface area contributed by atoms with E-state index in [4.69, 9.17) is 11.6 Å². The minimum Gasteiger partial charge on any atom is -0.322 e. The van der Waals surface area contributed by atoms with Crippen molar-refractivity contribution in [3.8, 4) is 0 Å². The molecule has 104 valence electrons. The largest absolute Gasteiger partial charge is 0.322 e. The van der Waals surface area contributed by atoms with E-state index in [1.807, 2.05) is 34.5 Å². The highest BCUT2D eigenvalue weighted by atomic mass is 35.5. The molecule has 0 aliphatic heterocycles. The van der Waals surface area contributed by atoms with Crippen molar-refractivity contribution in [2.45, 2.75) is 25.4 Å². The van der Waals surface area contributed by atoms with Gasteiger partial charge in [0.2, 0.25) is 0 Å². The van der Waals surface area contributed by atoms with Crippen molar-refractivity contribution in [2.75, 3.05) is 0 Å². The summed E-state index contributed by atoms with van der Waals surface area (Å²) in [5.74, 6) is 0.600. The number of alkyl halides is 1. The first-order valence-corrected chi connectivity index (χ1v) is 6.93. The molecule has 4 nitrogen and oxygen atoms in total. The Morgan fingerprint density at radius 3 is 2.90 bits per heavy atom. The van der Waals surface area contributed by atoms with Gasteiger partial charge in [0, 0.05) is 12.4 Å². The van der Waals surface area contributed by atoms with Crippen LogP contribution in [0.1, 0.15) is 18.8 Å². The number of hydrogen-bond acceptors (Lipinski definition) is 2. The van der Waals surface area contributed by atoms with Crippen LogP contribution in [0, 0.1) is 5.82 Å². The highest BCUT2D eigenvalue weighted by Crippen LogP contribution is 2.25. The van der Waals surface area contributed by atoms with Gasteiger partial charge >= 0.3 is 0 Å². The second-order valence-electron chi connectivity index (χ2n) is 4.72. The van der Waals surface area contributed by atoms with E-state index in [9.17, 15) is 4.39 Å². The second kappa shape index (κ2) is 5.25. The maximum absolute atomic E-state index is 13.8. The molecule has 0 aliphatic carbocycles. The number of para-hydroxylation sites is 1. The highest BCUT2D eigenvalue weighted by Gasteiger charge is 2.17. The molecule has 0 bridgehead atoms. The van der Waals surface area contributed by atoms with Crippen LogP contribution in [0.2, 0.25) is 0 Å². The van der Waals surface area contributed by atoms with E-state index in [0.29, 0.717) is 17.9 Å². The van der Waals surface area contributed by atoms with Crippen molar-refractivity contribution in [1.82, 2.24) is 19.3 Å². The Hall–Kier alpha value is -1.88. The number of hydrogen-bond donors (Lipinski definition) is 0. The minimum absolute atomic E-state index is 0.0791. The fourth-order valence-corrected chi connectivity index (χ4v) is 2.67. The Kier molecular flexibility index (Phi) is 3.44. The number of rotatable bonds is 4. The van der Waals surface area contributed by atoms with E-state index >= 15 is 0 Å². The molecule has 1 aromatic carbocycles. The normalized spacial score (nSPS) is 12.9. The van der Waals surface area contributed by atoms with Crippen LogP contribution < -0.4 is 0 Å². The number of imidazole rings is 1. The Morgan fingerprint density at radius 2 is 2.20 bits per heavy atom. The van der Waals surface area contributed by atoms with E-state index in [1.165, 1.54) is 6.07 Å². The molecular formula is C14H14ClFN4. The molecule has 0 N–H and O–H groups in total. The van der Waals surface area contributed by atoms with Crippen molar-refractivity contribution in [3.63, 3.8) is 0 Å². The first-order valence-electron chi connectivity index (χ1n) is 6.39. The average Bonchev–Trinajstić information content (AvgIpc) is 3.05. The first-order chi connectivity index (χ1) is 9.70. The molecule has 3 aromatic rings. The highest BCUT2D eigenvalue weighted by molar-refractivity contribution is 6.16. The van der Waals surface area contributed by atoms with Gasteiger partial charge < -0.3 is 4.57 Å². The summed E-state index contributed by atoms with van der Waals surface area (Å²) >= 11 is 5.95. The molecule has 20 heavy (non-hydrogen) atoms. The quantitative estimate of drug-likeness (QED) is 0.691. The lowest BCUT2D eigenvalue weighted by atomic mass is 10.2. The maximum Gasteiger partial charge on any atom is 0.151 e. The Labute approximate surface area is 120 Å². The predicted octanol–water partition coefficient (Wildman–Crippen LogP) is 3.37. The molecule has 1 unspecified atom stereocenters. The Morgan fingerprint density at radius 1 is 1.35 bits per heavy atom. The van der Waals surface area contributed by atoms with Crippen LogP contribution in [0.15, 0.2) is 36.7 Å². The molecule has 2 heterocycles. The first kappa shape index (κ1) is 13.1. The van der Waals surface area contributed by atoms with Crippen molar-refractivity contribution >= 4 is 22.6 Å². The summed E-state index contributed by atoms with van der Waals surface area (Å²) in [6.45, 7) is 2.72. The summed E-state index contributed by atoms with van der Waals surface area (Å²) in [7, 11) is 0. The second-order valence-corrected chi connectivity index (χ2v) is 4.98. The zero-order valence-electron chi connectivity index (χ0n) is 11.0. The molecule has 2 aromatic heterocycles. The summed E-state index contributed by atoms with van der Waals surface area (Å²) in [5, 5.41) is 4.20. The predicted molar refractivity (Wildman–Crippen MR) is 76.2 cm³/mol. The average molecular weight is 293 g/mol. The van der Waals surface area contributed by atoms with E-state index in [-0.39, 0.29) is 17.7 Å². The van der Waals surface area contributed by atoms with E-state index in [1.54, 1.807) is 12.3 Å². The third kappa shape index (κ3) is 2.18. The summed E-state index contributed by atoms with van der Waals surface area (Å²) in [4.78, 5) is 4.31. The molecule has 0 amide bonds. The van der Waals surface area contributed by atoms with Crippen LogP contribution in [0.5, 0.6) is 0 Å². The molecule has 0 spiro atoms. The zero-order chi connectivity index (χ0) is 14.1. The van der Waals surface area contributed by atoms with Gasteiger partial charge in [-0.15, -0.1) is 11.6 Å². The Balaban J connectivity index is 2.07. The monoisotopic (exact) mass is 292 g/mol. The number of halogens is 2. The van der Waals surface area contributed by atoms with Gasteiger partial charge in [0.05, 0.1) is 24.0 Å². The van der Waals surface area contributed by atoms with Crippen molar-refractivity contribution in [2.24, 2.45) is 0 Å². The van der Waals surface area contributed by atoms with Gasteiger partial charge in [0.15, 0.2) is 5.82 Å². The fourth-order valence-electron chi connectivity index (χ4n) is 2.48. The summed E-state index contributed by atoms with van der Waals surface area (Å²) in [6.07, 6.45) is 3.64. The van der Waals surface area contributed by atoms with Gasteiger partial charge in [0.1, 0.15) is 11.3 Å². The number of nitrogens with zero attached hydrogens (tertiary/aromatic N) is 4. The van der Waals surface area contributed by atoms with Gasteiger partial charge in [-0.2, -0.15) is 5.10 Å². The lowest BCUT2D eigenvalue weighted by molar-refractivity contribution is 0.438. The topological polar surface area (TPSA) is 35.6 Å². The van der Waals surface area contributed by atoms with Gasteiger partial charge in [0.25, 0.3) is 0 Å². The molecule has 0 fully saturated rings. The van der Waals surface area contributed by atoms with E-state index in [0.717, 1.165) is 5.52 Å². The van der Waals surface area contributed by atoms with E-state index in [2.05, 4.69) is 10.1 Å². The smallest absolute Gasteiger partial charge is 0.151 e. The number of fused-ring (bicyclic) bond motifs is 1. The molecule has 0 radical (unpaired) electrons. The molecule has 6 heteroatoms. The molecule has 3 rings (SSSR count). The summed E-state index contributed by atoms with van der Waals surface area (Å²) < 4.78 is 17.6. The van der Waals surface area contributed by atoms with Gasteiger partial charge in [-0.1, -0.05) is 6.07 Å². The molecule has 0 saturated heterocycles. The lowest BCUT2D eigenvalue weighted by Gasteiger charge is -2.17. The Bertz CT molecular complexity index is 720. The number of aromatic nitrogens is 4. The van der Waals surface area contributed by atoms with Gasteiger partial charge in [-0.05, 0) is 25.1 Å². The minimum atomic E-state index is -0.320. The lowest BCUT2D eigenvalue weighted by Crippen LogP contribution is -2.15. The van der Waals surface area contributed by atoms with Crippen LogP contribution in [0.3, 0.4) is 0 Å². The third-order valence-corrected chi connectivity index (χ3v) is 3.55. The number of benzene rings is 1. The molecule has 0 saturated carbocycles. The van der Waals surface area contributed by atoms with Crippen LogP contribution in [-0.4, -0.2) is 19.3 Å².